The summed E-state index contributed by atoms with van der Waals surface area (Å²) in [6, 6.07) is 1.61. The van der Waals surface area contributed by atoms with Crippen LogP contribution in [0, 0.1) is 6.92 Å². The van der Waals surface area contributed by atoms with Gasteiger partial charge in [-0.05, 0) is 37.0 Å². The number of allylic oxidation sites excluding steroid dienone is 1. The number of pyridine rings is 1. The smallest absolute Gasteiger partial charge is 0.392 e. The van der Waals surface area contributed by atoms with Gasteiger partial charge in [0.15, 0.2) is 0 Å². The third-order valence-corrected chi connectivity index (χ3v) is 2.78. The molecule has 0 unspecified atom stereocenters. The summed E-state index contributed by atoms with van der Waals surface area (Å²) in [5.41, 5.74) is 2.05. The number of aliphatic hydroxyl groups is 1. The van der Waals surface area contributed by atoms with Gasteiger partial charge in [0.1, 0.15) is 17.2 Å². The second-order valence-corrected chi connectivity index (χ2v) is 4.50. The maximum absolute atomic E-state index is 12.0. The Morgan fingerprint density at radius 3 is 2.63 bits per heavy atom. The van der Waals surface area contributed by atoms with Crippen molar-refractivity contribution in [1.29, 1.82) is 0 Å². The average Bonchev–Trinajstić information content (AvgIpc) is 3.12. The fourth-order valence-electron chi connectivity index (χ4n) is 1.58. The van der Waals surface area contributed by atoms with E-state index in [9.17, 15) is 18.3 Å². The highest BCUT2D eigenvalue weighted by atomic mass is 19.4. The molecular weight excluding hydrogens is 259 g/mol. The van der Waals surface area contributed by atoms with Gasteiger partial charge in [0.2, 0.25) is 0 Å². The van der Waals surface area contributed by atoms with Gasteiger partial charge in [-0.2, -0.15) is 13.2 Å². The lowest BCUT2D eigenvalue weighted by atomic mass is 10.2. The van der Waals surface area contributed by atoms with Crippen molar-refractivity contribution in [2.45, 2.75) is 32.4 Å². The minimum Gasteiger partial charge on any atom is -0.506 e. The molecule has 1 fully saturated rings. The van der Waals surface area contributed by atoms with Crippen LogP contribution in [-0.4, -0.2) is 22.9 Å². The second-order valence-electron chi connectivity index (χ2n) is 4.50. The van der Waals surface area contributed by atoms with E-state index in [2.05, 4.69) is 4.98 Å². The lowest BCUT2D eigenvalue weighted by Gasteiger charge is -2.11. The Kier molecular flexibility index (Phi) is 3.68. The minimum atomic E-state index is -4.23. The van der Waals surface area contributed by atoms with Gasteiger partial charge in [-0.3, -0.25) is 0 Å². The normalized spacial score (nSPS) is 14.4. The Morgan fingerprint density at radius 1 is 1.42 bits per heavy atom. The van der Waals surface area contributed by atoms with Crippen molar-refractivity contribution in [3.05, 3.63) is 29.1 Å². The first-order chi connectivity index (χ1) is 8.87. The van der Waals surface area contributed by atoms with Crippen LogP contribution in [0.1, 0.15) is 30.5 Å². The van der Waals surface area contributed by atoms with E-state index in [4.69, 9.17) is 4.74 Å². The van der Waals surface area contributed by atoms with Gasteiger partial charge >= 0.3 is 6.18 Å². The number of nitrogens with zero attached hydrogens (tertiary/aromatic N) is 1. The highest BCUT2D eigenvalue weighted by molar-refractivity contribution is 5.63. The van der Waals surface area contributed by atoms with E-state index in [0.29, 0.717) is 17.0 Å². The number of halogens is 3. The van der Waals surface area contributed by atoms with Crippen LogP contribution in [0.4, 0.5) is 13.2 Å². The van der Waals surface area contributed by atoms with E-state index < -0.39 is 19.2 Å². The zero-order valence-electron chi connectivity index (χ0n) is 10.4. The molecule has 1 N–H and O–H groups in total. The Morgan fingerprint density at radius 2 is 2.11 bits per heavy atom. The predicted molar refractivity (Wildman–Crippen MR) is 63.9 cm³/mol. The van der Waals surface area contributed by atoms with Crippen molar-refractivity contribution in [2.24, 2.45) is 0 Å². The summed E-state index contributed by atoms with van der Waals surface area (Å²) >= 11 is 0. The monoisotopic (exact) mass is 273 g/mol. The van der Waals surface area contributed by atoms with Crippen LogP contribution >= 0.6 is 0 Å². The van der Waals surface area contributed by atoms with Crippen molar-refractivity contribution in [2.75, 3.05) is 6.61 Å². The molecular formula is C13H14F3NO2. The molecule has 3 nitrogen and oxygen atoms in total. The van der Waals surface area contributed by atoms with Crippen molar-refractivity contribution in [3.8, 4) is 5.75 Å². The number of aromatic nitrogens is 1. The van der Waals surface area contributed by atoms with Gasteiger partial charge in [-0.25, -0.2) is 4.98 Å². The molecule has 1 aromatic rings. The Labute approximate surface area is 108 Å². The molecule has 0 spiro atoms. The van der Waals surface area contributed by atoms with E-state index >= 15 is 0 Å². The van der Waals surface area contributed by atoms with Crippen LogP contribution in [-0.2, 0) is 0 Å². The largest absolute Gasteiger partial charge is 0.506 e. The molecule has 1 saturated carbocycles. The Balaban J connectivity index is 2.01. The fourth-order valence-corrected chi connectivity index (χ4v) is 1.58. The molecule has 0 bridgehead atoms. The number of rotatable bonds is 4. The molecule has 0 saturated heterocycles. The summed E-state index contributed by atoms with van der Waals surface area (Å²) < 4.78 is 41.0. The molecule has 0 aromatic carbocycles. The predicted octanol–water partition coefficient (Wildman–Crippen LogP) is 3.78. The SMILES string of the molecule is Cc1cc(C(O)=C2CC2)ncc1OCCC(F)(F)F. The van der Waals surface area contributed by atoms with Crippen molar-refractivity contribution < 1.29 is 23.0 Å². The molecule has 19 heavy (non-hydrogen) atoms. The lowest BCUT2D eigenvalue weighted by Crippen LogP contribution is -2.13. The summed E-state index contributed by atoms with van der Waals surface area (Å²) in [6.07, 6.45) is -2.13. The van der Waals surface area contributed by atoms with Gasteiger partial charge in [0.25, 0.3) is 0 Å². The summed E-state index contributed by atoms with van der Waals surface area (Å²) in [5.74, 6) is 0.478. The van der Waals surface area contributed by atoms with Gasteiger partial charge in [-0.1, -0.05) is 0 Å². The summed E-state index contributed by atoms with van der Waals surface area (Å²) in [4.78, 5) is 4.00. The van der Waals surface area contributed by atoms with Crippen LogP contribution in [0.2, 0.25) is 0 Å². The van der Waals surface area contributed by atoms with Crippen molar-refractivity contribution in [1.82, 2.24) is 4.98 Å². The number of aliphatic hydroxyl groups excluding tert-OH is 1. The molecule has 1 aliphatic rings. The van der Waals surface area contributed by atoms with Crippen LogP contribution in [0.3, 0.4) is 0 Å². The standard InChI is InChI=1S/C13H14F3NO2/c1-8-6-10(12(18)9-2-3-9)17-7-11(8)19-5-4-13(14,15)16/h6-7,18H,2-5H2,1H3. The molecule has 1 aromatic heterocycles. The quantitative estimate of drug-likeness (QED) is 0.849. The summed E-state index contributed by atoms with van der Waals surface area (Å²) in [6.45, 7) is 1.28. The van der Waals surface area contributed by atoms with E-state index in [0.717, 1.165) is 18.4 Å². The van der Waals surface area contributed by atoms with Crippen LogP contribution in [0.15, 0.2) is 17.8 Å². The number of hydrogen-bond acceptors (Lipinski definition) is 3. The van der Waals surface area contributed by atoms with Gasteiger partial charge in [0.05, 0.1) is 19.2 Å². The zero-order chi connectivity index (χ0) is 14.0. The highest BCUT2D eigenvalue weighted by Crippen LogP contribution is 2.35. The third-order valence-electron chi connectivity index (χ3n) is 2.78. The second kappa shape index (κ2) is 5.11. The van der Waals surface area contributed by atoms with E-state index in [-0.39, 0.29) is 5.76 Å². The molecule has 1 heterocycles. The topological polar surface area (TPSA) is 42.4 Å². The van der Waals surface area contributed by atoms with Gasteiger partial charge in [0, 0.05) is 0 Å². The first-order valence-corrected chi connectivity index (χ1v) is 5.94. The van der Waals surface area contributed by atoms with Gasteiger partial charge < -0.3 is 9.84 Å². The maximum Gasteiger partial charge on any atom is 0.392 e. The first-order valence-electron chi connectivity index (χ1n) is 5.94. The zero-order valence-corrected chi connectivity index (χ0v) is 10.4. The maximum atomic E-state index is 12.0. The third kappa shape index (κ3) is 3.87. The molecule has 0 atom stereocenters. The van der Waals surface area contributed by atoms with E-state index in [1.807, 2.05) is 0 Å². The summed E-state index contributed by atoms with van der Waals surface area (Å²) in [7, 11) is 0. The van der Waals surface area contributed by atoms with Crippen LogP contribution in [0.25, 0.3) is 5.76 Å². The minimum absolute atomic E-state index is 0.171. The average molecular weight is 273 g/mol. The number of hydrogen-bond donors (Lipinski definition) is 1. The number of alkyl halides is 3. The first kappa shape index (κ1) is 13.7. The van der Waals surface area contributed by atoms with Gasteiger partial charge in [-0.15, -0.1) is 0 Å². The van der Waals surface area contributed by atoms with Crippen molar-refractivity contribution >= 4 is 5.76 Å². The van der Waals surface area contributed by atoms with E-state index in [1.54, 1.807) is 13.0 Å². The van der Waals surface area contributed by atoms with E-state index in [1.165, 1.54) is 6.20 Å². The molecule has 0 radical (unpaired) electrons. The molecule has 1 aliphatic carbocycles. The number of aryl methyl sites for hydroxylation is 1. The molecule has 0 aliphatic heterocycles. The molecule has 2 rings (SSSR count). The Hall–Kier alpha value is -1.72. The highest BCUT2D eigenvalue weighted by Gasteiger charge is 2.27. The van der Waals surface area contributed by atoms with Crippen LogP contribution < -0.4 is 4.74 Å². The fraction of sp³-hybridized carbons (Fsp3) is 0.462. The van der Waals surface area contributed by atoms with Crippen LogP contribution in [0.5, 0.6) is 5.75 Å². The molecule has 0 amide bonds. The lowest BCUT2D eigenvalue weighted by molar-refractivity contribution is -0.139. The summed E-state index contributed by atoms with van der Waals surface area (Å²) in [5, 5.41) is 9.79. The molecule has 6 heteroatoms. The Bertz CT molecular complexity index is 503. The molecule has 104 valence electrons. The van der Waals surface area contributed by atoms with Crippen molar-refractivity contribution in [3.63, 3.8) is 0 Å². The number of ether oxygens (including phenoxy) is 1.